The summed E-state index contributed by atoms with van der Waals surface area (Å²) in [5.74, 6) is 1.49. The van der Waals surface area contributed by atoms with Gasteiger partial charge in [0, 0.05) is 6.42 Å². The second-order valence-corrected chi connectivity index (χ2v) is 4.32. The number of hydrogen-bond acceptors (Lipinski definition) is 4. The van der Waals surface area contributed by atoms with Gasteiger partial charge in [0.25, 0.3) is 0 Å². The summed E-state index contributed by atoms with van der Waals surface area (Å²) in [5, 5.41) is 17.4. The molecule has 0 heterocycles. The lowest BCUT2D eigenvalue weighted by Crippen LogP contribution is -2.04. The third-order valence-corrected chi connectivity index (χ3v) is 2.79. The lowest BCUT2D eigenvalue weighted by Gasteiger charge is -2.08. The number of benzene rings is 2. The zero-order chi connectivity index (χ0) is 14.9. The molecule has 0 bridgehead atoms. The van der Waals surface area contributed by atoms with E-state index in [1.54, 1.807) is 48.5 Å². The maximum absolute atomic E-state index is 8.69. The molecule has 2 aromatic rings. The molecule has 2 aromatic carbocycles. The zero-order valence-corrected chi connectivity index (χ0v) is 11.5. The van der Waals surface area contributed by atoms with E-state index in [1.165, 1.54) is 0 Å². The van der Waals surface area contributed by atoms with Gasteiger partial charge in [-0.1, -0.05) is 0 Å². The molecular formula is C17H14N2O2. The SMILES string of the molecule is N#Cc1ccc(OCCCOc2ccc(C#N)cc2)cc1. The Kier molecular flexibility index (Phi) is 5.20. The molecule has 2 rings (SSSR count). The van der Waals surface area contributed by atoms with Crippen molar-refractivity contribution in [2.24, 2.45) is 0 Å². The molecule has 0 aliphatic heterocycles. The molecule has 4 heteroatoms. The summed E-state index contributed by atoms with van der Waals surface area (Å²) in [7, 11) is 0. The van der Waals surface area contributed by atoms with Gasteiger partial charge in [-0.2, -0.15) is 10.5 Å². The summed E-state index contributed by atoms with van der Waals surface area (Å²) >= 11 is 0. The van der Waals surface area contributed by atoms with E-state index in [9.17, 15) is 0 Å². The predicted octanol–water partition coefficient (Wildman–Crippen LogP) is 3.28. The van der Waals surface area contributed by atoms with Crippen LogP contribution in [0.4, 0.5) is 0 Å². The van der Waals surface area contributed by atoms with Crippen molar-refractivity contribution in [3.63, 3.8) is 0 Å². The van der Waals surface area contributed by atoms with E-state index < -0.39 is 0 Å². The Morgan fingerprint density at radius 1 is 0.667 bits per heavy atom. The van der Waals surface area contributed by atoms with E-state index >= 15 is 0 Å². The van der Waals surface area contributed by atoms with Crippen LogP contribution in [-0.2, 0) is 0 Å². The topological polar surface area (TPSA) is 66.0 Å². The van der Waals surface area contributed by atoms with Gasteiger partial charge in [-0.3, -0.25) is 0 Å². The van der Waals surface area contributed by atoms with Crippen molar-refractivity contribution in [1.82, 2.24) is 0 Å². The smallest absolute Gasteiger partial charge is 0.119 e. The van der Waals surface area contributed by atoms with Gasteiger partial charge in [-0.15, -0.1) is 0 Å². The third-order valence-electron chi connectivity index (χ3n) is 2.79. The first-order chi connectivity index (χ1) is 10.3. The summed E-state index contributed by atoms with van der Waals surface area (Å²) in [6.07, 6.45) is 0.750. The number of rotatable bonds is 6. The van der Waals surface area contributed by atoms with Crippen LogP contribution in [0.15, 0.2) is 48.5 Å². The van der Waals surface area contributed by atoms with E-state index in [4.69, 9.17) is 20.0 Å². The molecular weight excluding hydrogens is 264 g/mol. The minimum Gasteiger partial charge on any atom is -0.493 e. The lowest BCUT2D eigenvalue weighted by atomic mass is 10.2. The van der Waals surface area contributed by atoms with Gasteiger partial charge >= 0.3 is 0 Å². The summed E-state index contributed by atoms with van der Waals surface area (Å²) in [6, 6.07) is 18.1. The first-order valence-corrected chi connectivity index (χ1v) is 6.58. The van der Waals surface area contributed by atoms with Gasteiger partial charge in [-0.05, 0) is 48.5 Å². The quantitative estimate of drug-likeness (QED) is 0.760. The highest BCUT2D eigenvalue weighted by Gasteiger charge is 1.97. The molecule has 0 saturated carbocycles. The highest BCUT2D eigenvalue weighted by Crippen LogP contribution is 2.13. The fraction of sp³-hybridized carbons (Fsp3) is 0.176. The molecule has 21 heavy (non-hydrogen) atoms. The fourth-order valence-electron chi connectivity index (χ4n) is 1.69. The molecule has 0 spiro atoms. The van der Waals surface area contributed by atoms with Crippen LogP contribution >= 0.6 is 0 Å². The number of ether oxygens (including phenoxy) is 2. The van der Waals surface area contributed by atoms with Crippen LogP contribution in [-0.4, -0.2) is 13.2 Å². The van der Waals surface area contributed by atoms with Crippen LogP contribution in [0.1, 0.15) is 17.5 Å². The maximum atomic E-state index is 8.69. The molecule has 0 amide bonds. The summed E-state index contributed by atoms with van der Waals surface area (Å²) < 4.78 is 11.1. The average Bonchev–Trinajstić information content (AvgIpc) is 2.55. The van der Waals surface area contributed by atoms with E-state index in [-0.39, 0.29) is 0 Å². The van der Waals surface area contributed by atoms with Gasteiger partial charge in [0.05, 0.1) is 36.5 Å². The van der Waals surface area contributed by atoms with Crippen molar-refractivity contribution in [3.8, 4) is 23.6 Å². The molecule has 0 atom stereocenters. The Hall–Kier alpha value is -2.98. The standard InChI is InChI=1S/C17H14N2O2/c18-12-14-2-6-16(7-3-14)20-10-1-11-21-17-8-4-15(13-19)5-9-17/h2-9H,1,10-11H2. The van der Waals surface area contributed by atoms with Crippen LogP contribution < -0.4 is 9.47 Å². The zero-order valence-electron chi connectivity index (χ0n) is 11.5. The largest absolute Gasteiger partial charge is 0.493 e. The third kappa shape index (κ3) is 4.56. The van der Waals surface area contributed by atoms with Crippen LogP contribution in [0.3, 0.4) is 0 Å². The van der Waals surface area contributed by atoms with Crippen molar-refractivity contribution in [2.75, 3.05) is 13.2 Å². The van der Waals surface area contributed by atoms with Gasteiger partial charge in [0.15, 0.2) is 0 Å². The monoisotopic (exact) mass is 278 g/mol. The van der Waals surface area contributed by atoms with Crippen molar-refractivity contribution in [2.45, 2.75) is 6.42 Å². The normalized spacial score (nSPS) is 9.43. The van der Waals surface area contributed by atoms with Crippen molar-refractivity contribution >= 4 is 0 Å². The maximum Gasteiger partial charge on any atom is 0.119 e. The van der Waals surface area contributed by atoms with Gasteiger partial charge < -0.3 is 9.47 Å². The summed E-state index contributed by atoms with van der Waals surface area (Å²) in [5.41, 5.74) is 1.23. The highest BCUT2D eigenvalue weighted by molar-refractivity contribution is 5.35. The molecule has 0 unspecified atom stereocenters. The molecule has 104 valence electrons. The second-order valence-electron chi connectivity index (χ2n) is 4.32. The second kappa shape index (κ2) is 7.57. The predicted molar refractivity (Wildman–Crippen MR) is 77.9 cm³/mol. The molecule has 0 radical (unpaired) electrons. The van der Waals surface area contributed by atoms with Crippen LogP contribution in [0, 0.1) is 22.7 Å². The Bertz CT molecular complexity index is 590. The van der Waals surface area contributed by atoms with Gasteiger partial charge in [-0.25, -0.2) is 0 Å². The van der Waals surface area contributed by atoms with Crippen molar-refractivity contribution in [1.29, 1.82) is 10.5 Å². The first-order valence-electron chi connectivity index (χ1n) is 6.58. The Labute approximate surface area is 123 Å². The average molecular weight is 278 g/mol. The molecule has 0 N–H and O–H groups in total. The number of hydrogen-bond donors (Lipinski definition) is 0. The molecule has 0 aromatic heterocycles. The summed E-state index contributed by atoms with van der Waals surface area (Å²) in [4.78, 5) is 0. The molecule has 0 fully saturated rings. The number of nitrogens with zero attached hydrogens (tertiary/aromatic N) is 2. The van der Waals surface area contributed by atoms with E-state index in [0.29, 0.717) is 24.3 Å². The van der Waals surface area contributed by atoms with Crippen molar-refractivity contribution < 1.29 is 9.47 Å². The Morgan fingerprint density at radius 2 is 1.05 bits per heavy atom. The van der Waals surface area contributed by atoms with E-state index in [0.717, 1.165) is 17.9 Å². The van der Waals surface area contributed by atoms with Crippen LogP contribution in [0.2, 0.25) is 0 Å². The molecule has 0 aliphatic carbocycles. The molecule has 0 saturated heterocycles. The van der Waals surface area contributed by atoms with E-state index in [1.807, 2.05) is 0 Å². The first kappa shape index (κ1) is 14.4. The lowest BCUT2D eigenvalue weighted by molar-refractivity contribution is 0.247. The minimum atomic E-state index is 0.544. The van der Waals surface area contributed by atoms with Crippen LogP contribution in [0.5, 0.6) is 11.5 Å². The van der Waals surface area contributed by atoms with E-state index in [2.05, 4.69) is 12.1 Å². The highest BCUT2D eigenvalue weighted by atomic mass is 16.5. The van der Waals surface area contributed by atoms with Crippen molar-refractivity contribution in [3.05, 3.63) is 59.7 Å². The van der Waals surface area contributed by atoms with Gasteiger partial charge in [0.1, 0.15) is 11.5 Å². The molecule has 4 nitrogen and oxygen atoms in total. The number of nitriles is 2. The summed E-state index contributed by atoms with van der Waals surface area (Å²) in [6.45, 7) is 1.09. The Balaban J connectivity index is 1.67. The molecule has 0 aliphatic rings. The minimum absolute atomic E-state index is 0.544. The fourth-order valence-corrected chi connectivity index (χ4v) is 1.69. The van der Waals surface area contributed by atoms with Crippen LogP contribution in [0.25, 0.3) is 0 Å². The van der Waals surface area contributed by atoms with Gasteiger partial charge in [0.2, 0.25) is 0 Å². The Morgan fingerprint density at radius 3 is 1.38 bits per heavy atom.